The van der Waals surface area contributed by atoms with Gasteiger partial charge in [0.1, 0.15) is 0 Å². The monoisotopic (exact) mass is 788 g/mol. The topological polar surface area (TPSA) is 7.65 Å². The predicted octanol–water partition coefficient (Wildman–Crippen LogP) is 16.6. The highest BCUT2D eigenvalue weighted by atomic mass is 15.1. The maximum absolute atomic E-state index is 2.44. The molecule has 0 saturated carbocycles. The van der Waals surface area contributed by atoms with Gasteiger partial charge in [-0.15, -0.1) is 0 Å². The molecule has 2 heteroatoms. The van der Waals surface area contributed by atoms with Crippen LogP contribution in [0.25, 0.3) is 93.7 Å². The van der Waals surface area contributed by atoms with Crippen LogP contribution < -0.4 is 4.90 Å². The first kappa shape index (κ1) is 35.7. The second-order valence-electron chi connectivity index (χ2n) is 16.2. The van der Waals surface area contributed by atoms with Crippen molar-refractivity contribution in [1.82, 2.24) is 4.40 Å². The van der Waals surface area contributed by atoms with Crippen LogP contribution in [0.2, 0.25) is 0 Å². The molecule has 0 saturated heterocycles. The molecule has 10 aromatic carbocycles. The van der Waals surface area contributed by atoms with Gasteiger partial charge in [0.05, 0.1) is 16.6 Å². The first-order chi connectivity index (χ1) is 30.7. The van der Waals surface area contributed by atoms with Crippen LogP contribution in [-0.2, 0) is 0 Å². The van der Waals surface area contributed by atoms with Crippen molar-refractivity contribution in [2.75, 3.05) is 4.90 Å². The van der Waals surface area contributed by atoms with Gasteiger partial charge in [0.15, 0.2) is 0 Å². The molecule has 0 amide bonds. The Balaban J connectivity index is 0.796. The molecular weight excluding hydrogens is 749 g/mol. The lowest BCUT2D eigenvalue weighted by molar-refractivity contribution is 1.28. The summed E-state index contributed by atoms with van der Waals surface area (Å²) in [6.07, 6.45) is 0. The molecular formula is C60H40N2. The summed E-state index contributed by atoms with van der Waals surface area (Å²) in [5.74, 6) is 0. The second-order valence-corrected chi connectivity index (χ2v) is 16.2. The Morgan fingerprint density at radius 1 is 0.226 bits per heavy atom. The van der Waals surface area contributed by atoms with Crippen LogP contribution in [-0.4, -0.2) is 4.40 Å². The average molecular weight is 789 g/mol. The molecule has 0 unspecified atom stereocenters. The van der Waals surface area contributed by atoms with E-state index in [0.717, 1.165) is 17.1 Å². The lowest BCUT2D eigenvalue weighted by atomic mass is 9.96. The summed E-state index contributed by atoms with van der Waals surface area (Å²) in [4.78, 5) is 2.32. The molecule has 0 aliphatic rings. The summed E-state index contributed by atoms with van der Waals surface area (Å²) < 4.78 is 2.44. The smallest absolute Gasteiger partial charge is 0.0620 e. The van der Waals surface area contributed by atoms with Crippen LogP contribution >= 0.6 is 0 Å². The molecule has 62 heavy (non-hydrogen) atoms. The van der Waals surface area contributed by atoms with Crippen molar-refractivity contribution in [2.24, 2.45) is 0 Å². The second kappa shape index (κ2) is 14.8. The summed E-state index contributed by atoms with van der Waals surface area (Å²) in [7, 11) is 0. The first-order valence-electron chi connectivity index (χ1n) is 21.3. The molecule has 0 aliphatic carbocycles. The third-order valence-electron chi connectivity index (χ3n) is 12.6. The van der Waals surface area contributed by atoms with Gasteiger partial charge in [-0.3, -0.25) is 0 Å². The number of rotatable bonds is 8. The molecule has 12 rings (SSSR count). The molecule has 0 spiro atoms. The minimum absolute atomic E-state index is 1.11. The Hall–Kier alpha value is -8.20. The van der Waals surface area contributed by atoms with Gasteiger partial charge < -0.3 is 9.30 Å². The quantitative estimate of drug-likeness (QED) is 0.149. The summed E-state index contributed by atoms with van der Waals surface area (Å²) in [5.41, 5.74) is 19.3. The van der Waals surface area contributed by atoms with Gasteiger partial charge >= 0.3 is 0 Å². The molecule has 0 radical (unpaired) electrons. The third kappa shape index (κ3) is 6.12. The molecule has 0 fully saturated rings. The molecule has 2 aromatic heterocycles. The lowest BCUT2D eigenvalue weighted by Crippen LogP contribution is -2.09. The third-order valence-corrected chi connectivity index (χ3v) is 12.6. The SMILES string of the molecule is c1ccc(-c2ccc(-c3ccc(N(c4ccccc4)c4ccc(-c5ccc(-c6ccc(-c7cc8c9ccccc9n9c%10ccccc%10c(c7)c89)cc6)cc5)cc4)cc3)cc2)cc1. The first-order valence-corrected chi connectivity index (χ1v) is 21.3. The van der Waals surface area contributed by atoms with Crippen LogP contribution in [0, 0.1) is 0 Å². The fraction of sp³-hybridized carbons (Fsp3) is 0. The standard InChI is InChI=1S/C60H40N2/c1-3-11-41(12-4-1)42-19-21-45(22-20-42)47-31-35-52(36-32-47)61(51-13-5-2-6-14-51)53-37-33-48(34-38-53)46-25-23-43(24-26-46)44-27-29-49(30-28-44)50-39-56-54-15-7-9-17-58(54)62-59-18-10-8-16-55(59)57(40-50)60(56)62/h1-40H. The molecule has 290 valence electrons. The summed E-state index contributed by atoms with van der Waals surface area (Å²) >= 11 is 0. The Morgan fingerprint density at radius 3 is 0.919 bits per heavy atom. The normalized spacial score (nSPS) is 11.5. The van der Waals surface area contributed by atoms with Crippen LogP contribution in [0.3, 0.4) is 0 Å². The Labute approximate surface area is 361 Å². The fourth-order valence-electron chi connectivity index (χ4n) is 9.44. The van der Waals surface area contributed by atoms with Crippen LogP contribution in [0.5, 0.6) is 0 Å². The van der Waals surface area contributed by atoms with Crippen LogP contribution in [0.1, 0.15) is 0 Å². The van der Waals surface area contributed by atoms with Crippen molar-refractivity contribution in [2.45, 2.75) is 0 Å². The van der Waals surface area contributed by atoms with E-state index in [1.165, 1.54) is 93.7 Å². The van der Waals surface area contributed by atoms with Gasteiger partial charge in [-0.1, -0.05) is 182 Å². The van der Waals surface area contributed by atoms with Crippen molar-refractivity contribution >= 4 is 55.2 Å². The largest absolute Gasteiger partial charge is 0.311 e. The lowest BCUT2D eigenvalue weighted by Gasteiger charge is -2.26. The van der Waals surface area contributed by atoms with Crippen molar-refractivity contribution in [3.8, 4) is 55.6 Å². The van der Waals surface area contributed by atoms with E-state index in [0.29, 0.717) is 0 Å². The van der Waals surface area contributed by atoms with E-state index in [1.807, 2.05) is 0 Å². The van der Waals surface area contributed by atoms with Crippen LogP contribution in [0.4, 0.5) is 17.1 Å². The zero-order valence-electron chi connectivity index (χ0n) is 34.0. The number of nitrogens with zero attached hydrogens (tertiary/aromatic N) is 2. The van der Waals surface area contributed by atoms with Gasteiger partial charge in [0.25, 0.3) is 0 Å². The Morgan fingerprint density at radius 2 is 0.516 bits per heavy atom. The summed E-state index contributed by atoms with van der Waals surface area (Å²) in [6, 6.07) is 88.1. The summed E-state index contributed by atoms with van der Waals surface area (Å²) in [5, 5.41) is 5.21. The van der Waals surface area contributed by atoms with Gasteiger partial charge in [0, 0.05) is 38.6 Å². The average Bonchev–Trinajstić information content (AvgIpc) is 3.87. The van der Waals surface area contributed by atoms with E-state index in [1.54, 1.807) is 0 Å². The number of para-hydroxylation sites is 3. The molecule has 0 atom stereocenters. The highest BCUT2D eigenvalue weighted by Gasteiger charge is 2.19. The van der Waals surface area contributed by atoms with Gasteiger partial charge in [0.2, 0.25) is 0 Å². The van der Waals surface area contributed by atoms with Crippen molar-refractivity contribution < 1.29 is 0 Å². The van der Waals surface area contributed by atoms with E-state index >= 15 is 0 Å². The highest BCUT2D eigenvalue weighted by molar-refractivity contribution is 6.24. The maximum Gasteiger partial charge on any atom is 0.0620 e. The van der Waals surface area contributed by atoms with E-state index in [-0.39, 0.29) is 0 Å². The van der Waals surface area contributed by atoms with E-state index in [9.17, 15) is 0 Å². The molecule has 12 aromatic rings. The number of hydrogen-bond acceptors (Lipinski definition) is 1. The molecule has 0 bridgehead atoms. The van der Waals surface area contributed by atoms with E-state index < -0.39 is 0 Å². The maximum atomic E-state index is 2.44. The van der Waals surface area contributed by atoms with Gasteiger partial charge in [-0.2, -0.15) is 0 Å². The fourth-order valence-corrected chi connectivity index (χ4v) is 9.44. The van der Waals surface area contributed by atoms with Crippen LogP contribution in [0.15, 0.2) is 243 Å². The zero-order valence-corrected chi connectivity index (χ0v) is 34.0. The van der Waals surface area contributed by atoms with Gasteiger partial charge in [-0.25, -0.2) is 0 Å². The molecule has 2 nitrogen and oxygen atoms in total. The molecule has 0 aliphatic heterocycles. The Bertz CT molecular complexity index is 3410. The van der Waals surface area contributed by atoms with Crippen molar-refractivity contribution in [3.05, 3.63) is 243 Å². The minimum Gasteiger partial charge on any atom is -0.311 e. The van der Waals surface area contributed by atoms with E-state index in [2.05, 4.69) is 252 Å². The molecule has 2 heterocycles. The molecule has 0 N–H and O–H groups in total. The minimum atomic E-state index is 1.11. The number of aromatic nitrogens is 1. The number of anilines is 3. The predicted molar refractivity (Wildman–Crippen MR) is 263 cm³/mol. The van der Waals surface area contributed by atoms with E-state index in [4.69, 9.17) is 0 Å². The van der Waals surface area contributed by atoms with Crippen molar-refractivity contribution in [1.29, 1.82) is 0 Å². The highest BCUT2D eigenvalue weighted by Crippen LogP contribution is 2.42. The zero-order chi connectivity index (χ0) is 41.0. The Kier molecular flexibility index (Phi) is 8.53. The number of benzene rings is 10. The van der Waals surface area contributed by atoms with Gasteiger partial charge in [-0.05, 0) is 116 Å². The summed E-state index contributed by atoms with van der Waals surface area (Å²) in [6.45, 7) is 0. The van der Waals surface area contributed by atoms with Crippen molar-refractivity contribution in [3.63, 3.8) is 0 Å². The number of hydrogen-bond donors (Lipinski definition) is 0. The number of fused-ring (bicyclic) bond motifs is 6.